The van der Waals surface area contributed by atoms with Crippen molar-refractivity contribution in [3.63, 3.8) is 0 Å². The number of nitrogens with one attached hydrogen (secondary N) is 1. The van der Waals surface area contributed by atoms with E-state index in [9.17, 15) is 9.59 Å². The monoisotopic (exact) mass is 311 g/mol. The van der Waals surface area contributed by atoms with E-state index < -0.39 is 0 Å². The minimum atomic E-state index is -0.301. The van der Waals surface area contributed by atoms with Crippen molar-refractivity contribution in [3.05, 3.63) is 16.1 Å². The van der Waals surface area contributed by atoms with Crippen molar-refractivity contribution in [1.82, 2.24) is 15.2 Å². The van der Waals surface area contributed by atoms with Gasteiger partial charge in [0.2, 0.25) is 5.91 Å². The number of carbonyl (C=O) groups excluding carboxylic acids is 2. The van der Waals surface area contributed by atoms with Crippen molar-refractivity contribution in [2.24, 2.45) is 0 Å². The third-order valence-corrected chi connectivity index (χ3v) is 4.01. The SMILES string of the molecule is CN(CC(=O)NC(C)(C)C)C(=O)c1cnc(C(C)(C)C)s1. The van der Waals surface area contributed by atoms with Gasteiger partial charge in [-0.3, -0.25) is 9.59 Å². The fraction of sp³-hybridized carbons (Fsp3) is 0.667. The molecular weight excluding hydrogens is 286 g/mol. The maximum Gasteiger partial charge on any atom is 0.265 e. The molecule has 0 saturated heterocycles. The summed E-state index contributed by atoms with van der Waals surface area (Å²) in [5, 5.41) is 3.76. The minimum absolute atomic E-state index is 0.0405. The van der Waals surface area contributed by atoms with Gasteiger partial charge in [0.25, 0.3) is 5.91 Å². The molecule has 5 nitrogen and oxygen atoms in total. The molecular formula is C15H25N3O2S. The molecule has 0 saturated carbocycles. The average Bonchev–Trinajstić information content (AvgIpc) is 2.73. The number of hydrogen-bond acceptors (Lipinski definition) is 4. The minimum Gasteiger partial charge on any atom is -0.350 e. The van der Waals surface area contributed by atoms with Crippen LogP contribution in [0.4, 0.5) is 0 Å². The summed E-state index contributed by atoms with van der Waals surface area (Å²) in [6.07, 6.45) is 1.59. The lowest BCUT2D eigenvalue weighted by Gasteiger charge is -2.23. The van der Waals surface area contributed by atoms with Crippen LogP contribution in [0, 0.1) is 0 Å². The van der Waals surface area contributed by atoms with Crippen LogP contribution in [-0.2, 0) is 10.2 Å². The van der Waals surface area contributed by atoms with Crippen LogP contribution in [0.25, 0.3) is 0 Å². The zero-order valence-electron chi connectivity index (χ0n) is 13.9. The highest BCUT2D eigenvalue weighted by Gasteiger charge is 2.23. The van der Waals surface area contributed by atoms with E-state index in [-0.39, 0.29) is 29.3 Å². The summed E-state index contributed by atoms with van der Waals surface area (Å²) in [4.78, 5) is 30.4. The Labute approximate surface area is 130 Å². The quantitative estimate of drug-likeness (QED) is 0.932. The molecule has 2 amide bonds. The van der Waals surface area contributed by atoms with Gasteiger partial charge in [-0.25, -0.2) is 4.98 Å². The van der Waals surface area contributed by atoms with Crippen LogP contribution in [-0.4, -0.2) is 40.8 Å². The van der Waals surface area contributed by atoms with E-state index in [1.165, 1.54) is 16.2 Å². The van der Waals surface area contributed by atoms with E-state index in [0.717, 1.165) is 5.01 Å². The largest absolute Gasteiger partial charge is 0.350 e. The van der Waals surface area contributed by atoms with Gasteiger partial charge >= 0.3 is 0 Å². The Bertz CT molecular complexity index is 524. The number of nitrogens with zero attached hydrogens (tertiary/aromatic N) is 2. The van der Waals surface area contributed by atoms with Gasteiger partial charge in [0.1, 0.15) is 4.88 Å². The van der Waals surface area contributed by atoms with Crippen LogP contribution in [0.2, 0.25) is 0 Å². The van der Waals surface area contributed by atoms with Gasteiger partial charge in [0.15, 0.2) is 0 Å². The summed E-state index contributed by atoms with van der Waals surface area (Å²) in [6, 6.07) is 0. The summed E-state index contributed by atoms with van der Waals surface area (Å²) < 4.78 is 0. The topological polar surface area (TPSA) is 62.3 Å². The highest BCUT2D eigenvalue weighted by molar-refractivity contribution is 7.13. The smallest absolute Gasteiger partial charge is 0.265 e. The van der Waals surface area contributed by atoms with Gasteiger partial charge < -0.3 is 10.2 Å². The van der Waals surface area contributed by atoms with Crippen LogP contribution in [0.5, 0.6) is 0 Å². The second-order valence-corrected chi connectivity index (χ2v) is 8.27. The van der Waals surface area contributed by atoms with Crippen molar-refractivity contribution in [2.75, 3.05) is 13.6 Å². The molecule has 0 spiro atoms. The highest BCUT2D eigenvalue weighted by atomic mass is 32.1. The molecule has 1 heterocycles. The van der Waals surface area contributed by atoms with Crippen LogP contribution < -0.4 is 5.32 Å². The first-order chi connectivity index (χ1) is 9.40. The lowest BCUT2D eigenvalue weighted by Crippen LogP contribution is -2.46. The molecule has 1 N–H and O–H groups in total. The highest BCUT2D eigenvalue weighted by Crippen LogP contribution is 2.27. The number of aromatic nitrogens is 1. The second-order valence-electron chi connectivity index (χ2n) is 7.24. The van der Waals surface area contributed by atoms with Gasteiger partial charge in [-0.05, 0) is 20.8 Å². The molecule has 0 unspecified atom stereocenters. The van der Waals surface area contributed by atoms with Crippen LogP contribution in [0.15, 0.2) is 6.20 Å². The molecule has 0 bridgehead atoms. The number of hydrogen-bond donors (Lipinski definition) is 1. The zero-order chi connectivity index (χ0) is 16.4. The van der Waals surface area contributed by atoms with E-state index in [1.54, 1.807) is 13.2 Å². The van der Waals surface area contributed by atoms with E-state index in [0.29, 0.717) is 4.88 Å². The predicted octanol–water partition coefficient (Wildman–Crippen LogP) is 2.43. The molecule has 0 aromatic carbocycles. The second kappa shape index (κ2) is 6.13. The molecule has 6 heteroatoms. The van der Waals surface area contributed by atoms with Gasteiger partial charge in [0, 0.05) is 18.0 Å². The Morgan fingerprint density at radius 2 is 1.81 bits per heavy atom. The summed E-state index contributed by atoms with van der Waals surface area (Å²) in [5.74, 6) is -0.342. The predicted molar refractivity (Wildman–Crippen MR) is 85.7 cm³/mol. The molecule has 0 aliphatic heterocycles. The molecule has 21 heavy (non-hydrogen) atoms. The van der Waals surface area contributed by atoms with Crippen molar-refractivity contribution < 1.29 is 9.59 Å². The summed E-state index contributed by atoms with van der Waals surface area (Å²) in [5.41, 5.74) is -0.379. The third kappa shape index (κ3) is 5.46. The standard InChI is InChI=1S/C15H25N3O2S/c1-14(2,3)13-16-8-10(21-13)12(20)18(7)9-11(19)17-15(4,5)6/h8H,9H2,1-7H3,(H,17,19). The first-order valence-electron chi connectivity index (χ1n) is 6.93. The summed E-state index contributed by atoms with van der Waals surface area (Å²) in [6.45, 7) is 11.9. The Balaban J connectivity index is 2.71. The molecule has 0 radical (unpaired) electrons. The van der Waals surface area contributed by atoms with Crippen molar-refractivity contribution in [1.29, 1.82) is 0 Å². The molecule has 1 aromatic heterocycles. The number of rotatable bonds is 3. The number of likely N-dealkylation sites (N-methyl/N-ethyl adjacent to an activating group) is 1. The van der Waals surface area contributed by atoms with Crippen LogP contribution >= 0.6 is 11.3 Å². The first-order valence-corrected chi connectivity index (χ1v) is 7.74. The number of thiazole rings is 1. The lowest BCUT2D eigenvalue weighted by atomic mass is 9.98. The first kappa shape index (κ1) is 17.6. The fourth-order valence-electron chi connectivity index (χ4n) is 1.65. The maximum atomic E-state index is 12.3. The lowest BCUT2D eigenvalue weighted by molar-refractivity contribution is -0.122. The van der Waals surface area contributed by atoms with Crippen molar-refractivity contribution >= 4 is 23.2 Å². The van der Waals surface area contributed by atoms with E-state index >= 15 is 0 Å². The number of carbonyl (C=O) groups is 2. The van der Waals surface area contributed by atoms with Gasteiger partial charge in [-0.2, -0.15) is 0 Å². The third-order valence-electron chi connectivity index (χ3n) is 2.60. The number of amides is 2. The Kier molecular flexibility index (Phi) is 5.15. The van der Waals surface area contributed by atoms with E-state index in [1.807, 2.05) is 20.8 Å². The zero-order valence-corrected chi connectivity index (χ0v) is 14.7. The molecule has 1 aromatic rings. The molecule has 0 aliphatic rings. The van der Waals surface area contributed by atoms with Crippen LogP contribution in [0.1, 0.15) is 56.2 Å². The summed E-state index contributed by atoms with van der Waals surface area (Å²) >= 11 is 1.38. The fourth-order valence-corrected chi connectivity index (χ4v) is 2.62. The van der Waals surface area contributed by atoms with Gasteiger partial charge in [0.05, 0.1) is 17.7 Å². The van der Waals surface area contributed by atoms with Crippen LogP contribution in [0.3, 0.4) is 0 Å². The average molecular weight is 311 g/mol. The Morgan fingerprint density at radius 1 is 1.24 bits per heavy atom. The maximum absolute atomic E-state index is 12.3. The van der Waals surface area contributed by atoms with Gasteiger partial charge in [-0.1, -0.05) is 20.8 Å². The van der Waals surface area contributed by atoms with Crippen molar-refractivity contribution in [2.45, 2.75) is 52.5 Å². The van der Waals surface area contributed by atoms with E-state index in [2.05, 4.69) is 31.1 Å². The Hall–Kier alpha value is -1.43. The van der Waals surface area contributed by atoms with Crippen molar-refractivity contribution in [3.8, 4) is 0 Å². The Morgan fingerprint density at radius 3 is 2.24 bits per heavy atom. The molecule has 118 valence electrons. The summed E-state index contributed by atoms with van der Waals surface area (Å²) in [7, 11) is 1.63. The molecule has 1 rings (SSSR count). The molecule has 0 aliphatic carbocycles. The molecule has 0 fully saturated rings. The normalized spacial score (nSPS) is 12.1. The molecule has 0 atom stereocenters. The van der Waals surface area contributed by atoms with Gasteiger partial charge in [-0.15, -0.1) is 11.3 Å². The van der Waals surface area contributed by atoms with E-state index in [4.69, 9.17) is 0 Å².